The first-order valence-corrected chi connectivity index (χ1v) is 15.7. The van der Waals surface area contributed by atoms with Crippen LogP contribution in [0.3, 0.4) is 0 Å². The summed E-state index contributed by atoms with van der Waals surface area (Å²) in [5, 5.41) is 13.4. The monoisotopic (exact) mass is 601 g/mol. The predicted molar refractivity (Wildman–Crippen MR) is 192 cm³/mol. The molecule has 220 valence electrons. The van der Waals surface area contributed by atoms with Crippen molar-refractivity contribution in [2.24, 2.45) is 0 Å². The molecule has 0 spiro atoms. The minimum atomic E-state index is 0.603. The van der Waals surface area contributed by atoms with E-state index in [2.05, 4.69) is 121 Å². The van der Waals surface area contributed by atoms with E-state index in [1.807, 2.05) is 24.4 Å². The minimum absolute atomic E-state index is 0.603. The van der Waals surface area contributed by atoms with E-state index in [0.29, 0.717) is 24.0 Å². The van der Waals surface area contributed by atoms with E-state index in [4.69, 9.17) is 19.4 Å². The molecule has 0 bridgehead atoms. The summed E-state index contributed by atoms with van der Waals surface area (Å²) in [5.41, 5.74) is 6.75. The zero-order valence-electron chi connectivity index (χ0n) is 25.2. The van der Waals surface area contributed by atoms with E-state index in [1.54, 1.807) is 0 Å². The van der Waals surface area contributed by atoms with Crippen molar-refractivity contribution in [1.82, 2.24) is 15.0 Å². The predicted octanol–water partition coefficient (Wildman–Crippen LogP) is 11.1. The molecular weight excluding hydrogens is 576 g/mol. The maximum atomic E-state index is 6.43. The van der Waals surface area contributed by atoms with Gasteiger partial charge in [0.05, 0.1) is 0 Å². The average Bonchev–Trinajstić information content (AvgIpc) is 3.50. The number of aromatic nitrogens is 3. The number of nitrogens with zero attached hydrogens (tertiary/aromatic N) is 4. The molecular formula is C42H25N4O-. The highest BCUT2D eigenvalue weighted by Crippen LogP contribution is 2.40. The number of rotatable bonds is 3. The van der Waals surface area contributed by atoms with E-state index < -0.39 is 0 Å². The molecule has 0 aliphatic carbocycles. The van der Waals surface area contributed by atoms with E-state index >= 15 is 0 Å². The van der Waals surface area contributed by atoms with Gasteiger partial charge in [-0.25, -0.2) is 15.0 Å². The van der Waals surface area contributed by atoms with Crippen LogP contribution >= 0.6 is 0 Å². The average molecular weight is 602 g/mol. The maximum Gasteiger partial charge on any atom is 0.164 e. The summed E-state index contributed by atoms with van der Waals surface area (Å²) in [6, 6.07) is 44.4. The van der Waals surface area contributed by atoms with E-state index in [1.165, 1.54) is 21.7 Å². The first-order chi connectivity index (χ1) is 23.3. The number of hydrogen-bond acceptors (Lipinski definition) is 4. The number of benzene rings is 7. The third-order valence-corrected chi connectivity index (χ3v) is 9.27. The van der Waals surface area contributed by atoms with Gasteiger partial charge < -0.3 is 9.73 Å². The van der Waals surface area contributed by atoms with Crippen molar-refractivity contribution in [3.05, 3.63) is 150 Å². The SMILES string of the molecule is C1=Cc2cc3oc4cccc(-c5nc(-c6ccc7ccccc7c6)nc(-c6cc7ccccc7c7ccccc67)n5)c4c3cc2C[N-]1. The van der Waals surface area contributed by atoms with Crippen molar-refractivity contribution in [3.8, 4) is 34.2 Å². The lowest BCUT2D eigenvalue weighted by atomic mass is 9.96. The van der Waals surface area contributed by atoms with Crippen LogP contribution in [0.4, 0.5) is 0 Å². The highest BCUT2D eigenvalue weighted by atomic mass is 16.3. The molecule has 0 saturated heterocycles. The topological polar surface area (TPSA) is 65.9 Å². The fourth-order valence-corrected chi connectivity index (χ4v) is 7.01. The van der Waals surface area contributed by atoms with E-state index in [-0.39, 0.29) is 0 Å². The Bertz CT molecular complexity index is 2760. The summed E-state index contributed by atoms with van der Waals surface area (Å²) in [6.45, 7) is 0.646. The van der Waals surface area contributed by atoms with Gasteiger partial charge in [0.15, 0.2) is 17.5 Å². The molecule has 5 heteroatoms. The molecule has 0 saturated carbocycles. The van der Waals surface area contributed by atoms with Gasteiger partial charge in [0.25, 0.3) is 0 Å². The van der Waals surface area contributed by atoms with Crippen LogP contribution in [0.2, 0.25) is 0 Å². The quantitative estimate of drug-likeness (QED) is 0.189. The second kappa shape index (κ2) is 10.1. The molecule has 2 aromatic heterocycles. The third kappa shape index (κ3) is 4.14. The third-order valence-electron chi connectivity index (χ3n) is 9.27. The highest BCUT2D eigenvalue weighted by molar-refractivity contribution is 6.14. The smallest absolute Gasteiger partial charge is 0.164 e. The molecule has 0 amide bonds. The summed E-state index contributed by atoms with van der Waals surface area (Å²) in [7, 11) is 0. The molecule has 1 aliphatic rings. The van der Waals surface area contributed by atoms with Gasteiger partial charge in [0, 0.05) is 27.5 Å². The van der Waals surface area contributed by atoms with Crippen molar-refractivity contribution in [3.63, 3.8) is 0 Å². The lowest BCUT2D eigenvalue weighted by Gasteiger charge is -2.22. The number of fused-ring (bicyclic) bond motifs is 8. The van der Waals surface area contributed by atoms with Gasteiger partial charge in [0.2, 0.25) is 0 Å². The molecule has 9 aromatic rings. The van der Waals surface area contributed by atoms with Crippen LogP contribution < -0.4 is 0 Å². The van der Waals surface area contributed by atoms with Gasteiger partial charge in [-0.1, -0.05) is 109 Å². The van der Waals surface area contributed by atoms with Gasteiger partial charge in [-0.15, -0.1) is 6.54 Å². The zero-order valence-corrected chi connectivity index (χ0v) is 25.2. The maximum absolute atomic E-state index is 6.43. The minimum Gasteiger partial charge on any atom is -0.687 e. The fourth-order valence-electron chi connectivity index (χ4n) is 7.01. The van der Waals surface area contributed by atoms with Gasteiger partial charge in [-0.05, 0) is 68.2 Å². The second-order valence-electron chi connectivity index (χ2n) is 12.0. The molecule has 0 fully saturated rings. The highest BCUT2D eigenvalue weighted by Gasteiger charge is 2.20. The molecule has 10 rings (SSSR count). The molecule has 3 heterocycles. The summed E-state index contributed by atoms with van der Waals surface area (Å²) in [5.74, 6) is 1.86. The Morgan fingerprint density at radius 3 is 2.15 bits per heavy atom. The molecule has 47 heavy (non-hydrogen) atoms. The molecule has 5 nitrogen and oxygen atoms in total. The molecule has 0 radical (unpaired) electrons. The molecule has 1 aliphatic heterocycles. The lowest BCUT2D eigenvalue weighted by molar-refractivity contribution is 0.668. The van der Waals surface area contributed by atoms with Crippen molar-refractivity contribution in [1.29, 1.82) is 0 Å². The van der Waals surface area contributed by atoms with Gasteiger partial charge in [-0.3, -0.25) is 0 Å². The molecule has 0 N–H and O–H groups in total. The fraction of sp³-hybridized carbons (Fsp3) is 0.0238. The standard InChI is InChI=1S/C42H25N4O/c1-2-9-26-20-29(17-16-25(26)8-1)40-44-41(34-14-7-15-37-39(34)36-22-30-24-43-19-18-27(30)23-38(36)47-37)46-42(45-40)35-21-28-10-3-4-11-31(28)32-12-5-6-13-33(32)35/h1-23H,24H2/q-1. The Labute approximate surface area is 269 Å². The zero-order chi connectivity index (χ0) is 30.9. The van der Waals surface area contributed by atoms with Crippen molar-refractivity contribution >= 4 is 60.3 Å². The Morgan fingerprint density at radius 1 is 0.511 bits per heavy atom. The largest absolute Gasteiger partial charge is 0.687 e. The van der Waals surface area contributed by atoms with Crippen LogP contribution in [-0.2, 0) is 6.54 Å². The van der Waals surface area contributed by atoms with Gasteiger partial charge in [0.1, 0.15) is 11.2 Å². The van der Waals surface area contributed by atoms with Gasteiger partial charge >= 0.3 is 0 Å². The summed E-state index contributed by atoms with van der Waals surface area (Å²) in [6.07, 6.45) is 3.90. The van der Waals surface area contributed by atoms with Crippen LogP contribution in [0.25, 0.3) is 99.8 Å². The Kier molecular flexibility index (Phi) is 5.57. The van der Waals surface area contributed by atoms with Crippen LogP contribution in [-0.4, -0.2) is 15.0 Å². The van der Waals surface area contributed by atoms with Crippen LogP contribution in [0.1, 0.15) is 11.1 Å². The van der Waals surface area contributed by atoms with Crippen molar-refractivity contribution in [2.75, 3.05) is 0 Å². The second-order valence-corrected chi connectivity index (χ2v) is 12.0. The van der Waals surface area contributed by atoms with Crippen LogP contribution in [0.15, 0.2) is 138 Å². The summed E-state index contributed by atoms with van der Waals surface area (Å²) in [4.78, 5) is 15.6. The van der Waals surface area contributed by atoms with Crippen molar-refractivity contribution < 1.29 is 4.42 Å². The number of furan rings is 1. The summed E-state index contributed by atoms with van der Waals surface area (Å²) < 4.78 is 6.43. The Balaban J connectivity index is 1.28. The molecule has 0 unspecified atom stereocenters. The van der Waals surface area contributed by atoms with Gasteiger partial charge in [-0.2, -0.15) is 6.20 Å². The van der Waals surface area contributed by atoms with E-state index in [0.717, 1.165) is 60.4 Å². The normalized spacial score (nSPS) is 12.7. The number of hydrogen-bond donors (Lipinski definition) is 0. The molecule has 7 aromatic carbocycles. The van der Waals surface area contributed by atoms with Crippen molar-refractivity contribution in [2.45, 2.75) is 6.54 Å². The first kappa shape index (κ1) is 25.9. The molecule has 0 atom stereocenters. The Hall–Kier alpha value is -6.33. The van der Waals surface area contributed by atoms with E-state index in [9.17, 15) is 0 Å². The summed E-state index contributed by atoms with van der Waals surface area (Å²) >= 11 is 0. The Morgan fingerprint density at radius 2 is 1.26 bits per heavy atom. The van der Waals surface area contributed by atoms with Crippen LogP contribution in [0.5, 0.6) is 0 Å². The first-order valence-electron chi connectivity index (χ1n) is 15.7. The lowest BCUT2D eigenvalue weighted by Crippen LogP contribution is -2.01. The van der Waals surface area contributed by atoms with Crippen LogP contribution in [0, 0.1) is 0 Å².